The molecule has 3 aromatic heterocycles. The second kappa shape index (κ2) is 14.2. The van der Waals surface area contributed by atoms with Crippen LogP contribution in [0.2, 0.25) is 0 Å². The van der Waals surface area contributed by atoms with Gasteiger partial charge in [0.2, 0.25) is 17.7 Å². The molecule has 232 valence electrons. The average molecular weight is 611 g/mol. The summed E-state index contributed by atoms with van der Waals surface area (Å²) >= 11 is 0. The van der Waals surface area contributed by atoms with E-state index in [1.807, 2.05) is 91.9 Å². The third-order valence-corrected chi connectivity index (χ3v) is 7.99. The lowest BCUT2D eigenvalue weighted by molar-refractivity contribution is 0.472. The zero-order valence-electron chi connectivity index (χ0n) is 26.5. The molecule has 0 saturated heterocycles. The van der Waals surface area contributed by atoms with Crippen molar-refractivity contribution in [3.8, 4) is 45.7 Å². The molecule has 1 atom stereocenters. The van der Waals surface area contributed by atoms with Gasteiger partial charge < -0.3 is 14.2 Å². The molecule has 1 N–H and O–H groups in total. The van der Waals surface area contributed by atoms with Gasteiger partial charge in [-0.3, -0.25) is 0 Å². The number of hydrogen-bond donors (Lipinski definition) is 1. The molecule has 0 radical (unpaired) electrons. The number of benzene rings is 3. The van der Waals surface area contributed by atoms with Crippen LogP contribution < -0.4 is 5.32 Å². The van der Waals surface area contributed by atoms with Gasteiger partial charge in [0.1, 0.15) is 11.2 Å². The largest absolute Gasteiger partial charge is 0.436 e. The third-order valence-electron chi connectivity index (χ3n) is 7.99. The molecule has 0 bridgehead atoms. The summed E-state index contributed by atoms with van der Waals surface area (Å²) in [6, 6.07) is 23.6. The van der Waals surface area contributed by atoms with Gasteiger partial charge in [-0.1, -0.05) is 82.2 Å². The molecule has 0 aliphatic rings. The first-order chi connectivity index (χ1) is 22.6. The molecule has 3 aromatic carbocycles. The summed E-state index contributed by atoms with van der Waals surface area (Å²) in [6.07, 6.45) is 10.2. The van der Waals surface area contributed by atoms with Gasteiger partial charge in [0.25, 0.3) is 0 Å². The first-order valence-electron chi connectivity index (χ1n) is 15.9. The fraction of sp³-hybridized carbons (Fsp3) is 0.237. The minimum atomic E-state index is 0.532. The summed E-state index contributed by atoms with van der Waals surface area (Å²) in [5, 5.41) is 3.51. The Morgan fingerprint density at radius 2 is 1.39 bits per heavy atom. The van der Waals surface area contributed by atoms with E-state index in [1.165, 1.54) is 19.3 Å². The minimum absolute atomic E-state index is 0.532. The van der Waals surface area contributed by atoms with Gasteiger partial charge in [-0.05, 0) is 67.8 Å². The van der Waals surface area contributed by atoms with E-state index in [0.717, 1.165) is 52.0 Å². The number of oxazole rings is 2. The van der Waals surface area contributed by atoms with Crippen molar-refractivity contribution >= 4 is 29.2 Å². The Balaban J connectivity index is 1.31. The fourth-order valence-electron chi connectivity index (χ4n) is 5.30. The zero-order valence-corrected chi connectivity index (χ0v) is 26.5. The van der Waals surface area contributed by atoms with Gasteiger partial charge in [0, 0.05) is 28.8 Å². The number of nitrogens with one attached hydrogen (secondary N) is 1. The Kier molecular flexibility index (Phi) is 9.43. The van der Waals surface area contributed by atoms with E-state index in [-0.39, 0.29) is 0 Å². The van der Waals surface area contributed by atoms with Crippen molar-refractivity contribution in [2.75, 3.05) is 11.9 Å². The summed E-state index contributed by atoms with van der Waals surface area (Å²) in [7, 11) is 0. The highest BCUT2D eigenvalue weighted by Gasteiger charge is 2.16. The van der Waals surface area contributed by atoms with Crippen molar-refractivity contribution in [2.45, 2.75) is 46.5 Å². The Morgan fingerprint density at radius 3 is 1.98 bits per heavy atom. The van der Waals surface area contributed by atoms with E-state index >= 15 is 0 Å². The molecule has 0 aliphatic heterocycles. The van der Waals surface area contributed by atoms with Crippen LogP contribution in [0.5, 0.6) is 0 Å². The molecule has 8 nitrogen and oxygen atoms in total. The molecule has 8 heteroatoms. The number of fused-ring (bicyclic) bond motifs is 1. The smallest absolute Gasteiger partial charge is 0.227 e. The van der Waals surface area contributed by atoms with E-state index in [2.05, 4.69) is 35.7 Å². The monoisotopic (exact) mass is 610 g/mol. The number of rotatable bonds is 13. The Bertz CT molecular complexity index is 1920. The second-order valence-corrected chi connectivity index (χ2v) is 11.2. The maximum absolute atomic E-state index is 5.97. The van der Waals surface area contributed by atoms with Gasteiger partial charge in [-0.15, -0.1) is 0 Å². The molecule has 0 fully saturated rings. The molecule has 0 saturated carbocycles. The highest BCUT2D eigenvalue weighted by atomic mass is 16.4. The van der Waals surface area contributed by atoms with Crippen LogP contribution in [0.4, 0.5) is 5.95 Å². The maximum atomic E-state index is 5.97. The summed E-state index contributed by atoms with van der Waals surface area (Å²) in [4.78, 5) is 23.9. The van der Waals surface area contributed by atoms with Gasteiger partial charge in [-0.2, -0.15) is 9.97 Å². The van der Waals surface area contributed by atoms with Crippen molar-refractivity contribution in [2.24, 2.45) is 5.92 Å². The molecule has 46 heavy (non-hydrogen) atoms. The predicted octanol–water partition coefficient (Wildman–Crippen LogP) is 9.97. The fourth-order valence-corrected chi connectivity index (χ4v) is 5.30. The topological polar surface area (TPSA) is 103 Å². The first kappa shape index (κ1) is 30.6. The van der Waals surface area contributed by atoms with E-state index < -0.39 is 0 Å². The van der Waals surface area contributed by atoms with Gasteiger partial charge in [-0.25, -0.2) is 15.0 Å². The lowest BCUT2D eigenvalue weighted by Crippen LogP contribution is -2.16. The minimum Gasteiger partial charge on any atom is -0.436 e. The number of allylic oxidation sites excluding steroid dienone is 1. The molecule has 0 amide bonds. The molecule has 6 aromatic rings. The maximum Gasteiger partial charge on any atom is 0.227 e. The number of nitrogens with zero attached hydrogens (tertiary/aromatic N) is 5. The second-order valence-electron chi connectivity index (χ2n) is 11.2. The molecule has 6 rings (SSSR count). The van der Waals surface area contributed by atoms with Crippen molar-refractivity contribution in [3.63, 3.8) is 0 Å². The van der Waals surface area contributed by atoms with Crippen LogP contribution in [0, 0.1) is 5.92 Å². The summed E-state index contributed by atoms with van der Waals surface area (Å²) in [5.74, 6) is 4.02. The van der Waals surface area contributed by atoms with Gasteiger partial charge >= 0.3 is 0 Å². The highest BCUT2D eigenvalue weighted by molar-refractivity contribution is 5.76. The van der Waals surface area contributed by atoms with Crippen LogP contribution in [-0.2, 0) is 0 Å². The van der Waals surface area contributed by atoms with Crippen molar-refractivity contribution in [1.29, 1.82) is 0 Å². The van der Waals surface area contributed by atoms with E-state index in [1.54, 1.807) is 6.08 Å². The van der Waals surface area contributed by atoms with Crippen LogP contribution in [0.25, 0.3) is 68.9 Å². The van der Waals surface area contributed by atoms with Crippen molar-refractivity contribution in [3.05, 3.63) is 96.9 Å². The predicted molar refractivity (Wildman–Crippen MR) is 186 cm³/mol. The van der Waals surface area contributed by atoms with Gasteiger partial charge in [0.15, 0.2) is 23.0 Å². The Hall–Kier alpha value is -5.37. The van der Waals surface area contributed by atoms with Crippen LogP contribution in [-0.4, -0.2) is 31.5 Å². The number of anilines is 1. The summed E-state index contributed by atoms with van der Waals surface area (Å²) in [5.41, 5.74) is 5.81. The standard InChI is InChI=1S/C38H38N6O2/c1-5-9-13-25(7-3)24-39-38-43-34(26-16-20-28(21-17-26)36-40-30(12-6-2)32(8-4)45-36)42-35(44-38)27-18-22-29(23-19-27)37-41-31-14-10-11-15-33(31)46-37/h6,8,10-12,14-23,25H,4-5,7,9,13,24H2,1-3H3,(H,39,42,43,44)/b12-6-. The van der Waals surface area contributed by atoms with Crippen molar-refractivity contribution < 1.29 is 8.83 Å². The molecular weight excluding hydrogens is 572 g/mol. The molecule has 1 unspecified atom stereocenters. The number of aromatic nitrogens is 5. The zero-order chi connectivity index (χ0) is 31.9. The van der Waals surface area contributed by atoms with Crippen LogP contribution in [0.3, 0.4) is 0 Å². The van der Waals surface area contributed by atoms with Crippen LogP contribution in [0.15, 0.2) is 94.3 Å². The molecular formula is C38H38N6O2. The lowest BCUT2D eigenvalue weighted by atomic mass is 9.99. The van der Waals surface area contributed by atoms with Gasteiger partial charge in [0.05, 0.1) is 0 Å². The van der Waals surface area contributed by atoms with E-state index in [0.29, 0.717) is 41.1 Å². The van der Waals surface area contributed by atoms with E-state index in [9.17, 15) is 0 Å². The molecule has 0 spiro atoms. The lowest BCUT2D eigenvalue weighted by Gasteiger charge is -2.16. The summed E-state index contributed by atoms with van der Waals surface area (Å²) in [6.45, 7) is 11.1. The number of hydrogen-bond acceptors (Lipinski definition) is 8. The first-order valence-corrected chi connectivity index (χ1v) is 15.9. The van der Waals surface area contributed by atoms with Crippen LogP contribution >= 0.6 is 0 Å². The average Bonchev–Trinajstić information content (AvgIpc) is 3.73. The SMILES string of the molecule is C=Cc1oc(-c2ccc(-c3nc(NCC(CC)CCCC)nc(-c4ccc(-c5nc6ccccc6o5)cc4)n3)cc2)nc1/C=C\C. The molecule has 0 aliphatic carbocycles. The van der Waals surface area contributed by atoms with Crippen LogP contribution in [0.1, 0.15) is 57.9 Å². The van der Waals surface area contributed by atoms with E-state index in [4.69, 9.17) is 23.8 Å². The number of para-hydroxylation sites is 2. The number of unbranched alkanes of at least 4 members (excludes halogenated alkanes) is 1. The van der Waals surface area contributed by atoms with Crippen molar-refractivity contribution in [1.82, 2.24) is 24.9 Å². The normalized spacial score (nSPS) is 12.2. The third kappa shape index (κ3) is 6.81. The highest BCUT2D eigenvalue weighted by Crippen LogP contribution is 2.29. The quantitative estimate of drug-likeness (QED) is 0.138. The summed E-state index contributed by atoms with van der Waals surface area (Å²) < 4.78 is 11.9. The Labute approximate surface area is 269 Å². The molecule has 3 heterocycles. The Morgan fingerprint density at radius 1 is 0.761 bits per heavy atom.